The third kappa shape index (κ3) is 4.42. The Labute approximate surface area is 165 Å². The molecular formula is C23H25N3O2. The number of nitrogens with zero attached hydrogens (tertiary/aromatic N) is 2. The molecule has 28 heavy (non-hydrogen) atoms. The number of nitrogens with one attached hydrogen (secondary N) is 1. The van der Waals surface area contributed by atoms with E-state index in [1.807, 2.05) is 72.3 Å². The highest BCUT2D eigenvalue weighted by atomic mass is 16.5. The van der Waals surface area contributed by atoms with E-state index in [9.17, 15) is 4.79 Å². The Morgan fingerprint density at radius 2 is 1.79 bits per heavy atom. The lowest BCUT2D eigenvalue weighted by atomic mass is 10.1. The van der Waals surface area contributed by atoms with E-state index in [4.69, 9.17) is 9.84 Å². The van der Waals surface area contributed by atoms with Gasteiger partial charge >= 0.3 is 0 Å². The van der Waals surface area contributed by atoms with E-state index in [0.717, 1.165) is 29.2 Å². The van der Waals surface area contributed by atoms with Gasteiger partial charge in [-0.3, -0.25) is 4.79 Å². The van der Waals surface area contributed by atoms with Gasteiger partial charge in [-0.05, 0) is 56.4 Å². The predicted octanol–water partition coefficient (Wildman–Crippen LogP) is 4.43. The molecule has 0 bridgehead atoms. The highest BCUT2D eigenvalue weighted by Gasteiger charge is 2.23. The van der Waals surface area contributed by atoms with Gasteiger partial charge in [-0.25, -0.2) is 4.68 Å². The third-order valence-corrected chi connectivity index (χ3v) is 4.98. The molecule has 0 saturated heterocycles. The van der Waals surface area contributed by atoms with E-state index in [2.05, 4.69) is 5.32 Å². The summed E-state index contributed by atoms with van der Waals surface area (Å²) in [6.45, 7) is 2.77. The number of para-hydroxylation sites is 2. The summed E-state index contributed by atoms with van der Waals surface area (Å²) in [6, 6.07) is 19.6. The van der Waals surface area contributed by atoms with Gasteiger partial charge in [0.25, 0.3) is 0 Å². The van der Waals surface area contributed by atoms with Gasteiger partial charge in [-0.1, -0.05) is 36.4 Å². The number of amides is 1. The van der Waals surface area contributed by atoms with Crippen LogP contribution in [0.15, 0.2) is 60.7 Å². The molecule has 0 aliphatic heterocycles. The summed E-state index contributed by atoms with van der Waals surface area (Å²) in [5, 5.41) is 7.73. The summed E-state index contributed by atoms with van der Waals surface area (Å²) in [5.41, 5.74) is 2.78. The van der Waals surface area contributed by atoms with Gasteiger partial charge in [-0.2, -0.15) is 5.10 Å². The molecule has 4 rings (SSSR count). The van der Waals surface area contributed by atoms with Gasteiger partial charge in [-0.15, -0.1) is 0 Å². The zero-order valence-electron chi connectivity index (χ0n) is 16.1. The van der Waals surface area contributed by atoms with Crippen molar-refractivity contribution in [2.45, 2.75) is 32.6 Å². The molecule has 5 heteroatoms. The van der Waals surface area contributed by atoms with Crippen molar-refractivity contribution in [2.24, 2.45) is 5.92 Å². The molecule has 3 aromatic rings. The van der Waals surface area contributed by atoms with Crippen molar-refractivity contribution in [3.05, 3.63) is 71.9 Å². The van der Waals surface area contributed by atoms with Crippen molar-refractivity contribution >= 4 is 5.91 Å². The number of rotatable bonds is 8. The summed E-state index contributed by atoms with van der Waals surface area (Å²) >= 11 is 0. The van der Waals surface area contributed by atoms with Crippen molar-refractivity contribution in [1.82, 2.24) is 15.1 Å². The first-order valence-corrected chi connectivity index (χ1v) is 9.84. The minimum Gasteiger partial charge on any atom is -0.439 e. The average molecular weight is 375 g/mol. The topological polar surface area (TPSA) is 56.2 Å². The molecule has 0 radical (unpaired) electrons. The molecule has 0 unspecified atom stereocenters. The molecule has 144 valence electrons. The molecule has 2 aromatic carbocycles. The number of carbonyl (C=O) groups is 1. The lowest BCUT2D eigenvalue weighted by molar-refractivity contribution is -0.121. The molecule has 1 heterocycles. The van der Waals surface area contributed by atoms with Crippen molar-refractivity contribution in [2.75, 3.05) is 6.54 Å². The number of benzene rings is 2. The van der Waals surface area contributed by atoms with Gasteiger partial charge < -0.3 is 10.1 Å². The second kappa shape index (κ2) is 8.30. The van der Waals surface area contributed by atoms with Crippen LogP contribution < -0.4 is 10.1 Å². The molecule has 1 aromatic heterocycles. The maximum atomic E-state index is 12.2. The van der Waals surface area contributed by atoms with Crippen molar-refractivity contribution in [1.29, 1.82) is 0 Å². The van der Waals surface area contributed by atoms with Crippen LogP contribution in [0.25, 0.3) is 5.69 Å². The smallest absolute Gasteiger partial charge is 0.226 e. The minimum atomic E-state index is 0.0874. The summed E-state index contributed by atoms with van der Waals surface area (Å²) < 4.78 is 8.04. The molecule has 1 aliphatic rings. The fourth-order valence-electron chi connectivity index (χ4n) is 3.18. The Morgan fingerprint density at radius 1 is 1.11 bits per heavy atom. The van der Waals surface area contributed by atoms with Crippen LogP contribution in [-0.2, 0) is 11.2 Å². The minimum absolute atomic E-state index is 0.0874. The summed E-state index contributed by atoms with van der Waals surface area (Å²) in [6.07, 6.45) is 3.49. The first-order valence-electron chi connectivity index (χ1n) is 9.84. The Balaban J connectivity index is 1.58. The molecule has 1 aliphatic carbocycles. The number of hydrogen-bond donors (Lipinski definition) is 1. The van der Waals surface area contributed by atoms with Crippen LogP contribution in [0.3, 0.4) is 0 Å². The lowest BCUT2D eigenvalue weighted by Gasteiger charge is -2.11. The Hall–Kier alpha value is -3.08. The van der Waals surface area contributed by atoms with Crippen molar-refractivity contribution in [3.8, 4) is 17.3 Å². The molecule has 1 N–H and O–H groups in total. The van der Waals surface area contributed by atoms with E-state index in [-0.39, 0.29) is 5.91 Å². The molecule has 1 saturated carbocycles. The van der Waals surface area contributed by atoms with E-state index in [0.29, 0.717) is 24.6 Å². The van der Waals surface area contributed by atoms with Gasteiger partial charge in [0.05, 0.1) is 11.4 Å². The molecule has 5 nitrogen and oxygen atoms in total. The number of aromatic nitrogens is 2. The fourth-order valence-corrected chi connectivity index (χ4v) is 3.18. The first kappa shape index (κ1) is 18.3. The van der Waals surface area contributed by atoms with Crippen molar-refractivity contribution < 1.29 is 9.53 Å². The van der Waals surface area contributed by atoms with Crippen molar-refractivity contribution in [3.63, 3.8) is 0 Å². The average Bonchev–Trinajstić information content (AvgIpc) is 3.51. The van der Waals surface area contributed by atoms with Crippen LogP contribution in [-0.4, -0.2) is 22.2 Å². The van der Waals surface area contributed by atoms with E-state index in [1.54, 1.807) is 0 Å². The number of ether oxygens (including phenoxy) is 1. The maximum absolute atomic E-state index is 12.2. The maximum Gasteiger partial charge on any atom is 0.226 e. The summed E-state index contributed by atoms with van der Waals surface area (Å²) in [4.78, 5) is 12.2. The Morgan fingerprint density at radius 3 is 2.46 bits per heavy atom. The van der Waals surface area contributed by atoms with E-state index in [1.165, 1.54) is 12.8 Å². The molecule has 0 atom stereocenters. The Bertz CT molecular complexity index is 931. The van der Waals surface area contributed by atoms with Gasteiger partial charge in [0.2, 0.25) is 11.8 Å². The molecular weight excluding hydrogens is 350 g/mol. The normalized spacial score (nSPS) is 13.3. The highest BCUT2D eigenvalue weighted by Crippen LogP contribution is 2.31. The van der Waals surface area contributed by atoms with Crippen LogP contribution in [0, 0.1) is 12.8 Å². The molecule has 1 amide bonds. The first-order chi connectivity index (χ1) is 13.7. The van der Waals surface area contributed by atoms with Crippen LogP contribution in [0.4, 0.5) is 0 Å². The quantitative estimate of drug-likeness (QED) is 0.634. The van der Waals surface area contributed by atoms with Crippen LogP contribution in [0.1, 0.15) is 30.5 Å². The molecule has 0 spiro atoms. The fraction of sp³-hybridized carbons (Fsp3) is 0.304. The lowest BCUT2D eigenvalue weighted by Crippen LogP contribution is -2.25. The number of hydrogen-bond acceptors (Lipinski definition) is 3. The van der Waals surface area contributed by atoms with Crippen LogP contribution in [0.5, 0.6) is 11.6 Å². The highest BCUT2D eigenvalue weighted by molar-refractivity contribution is 5.76. The van der Waals surface area contributed by atoms with Crippen LogP contribution in [0.2, 0.25) is 0 Å². The number of aryl methyl sites for hydroxylation is 1. The summed E-state index contributed by atoms with van der Waals surface area (Å²) in [5.74, 6) is 2.19. The van der Waals surface area contributed by atoms with Gasteiger partial charge in [0.1, 0.15) is 5.75 Å². The molecule has 1 fully saturated rings. The van der Waals surface area contributed by atoms with Crippen LogP contribution >= 0.6 is 0 Å². The standard InChI is InChI=1S/C23H25N3O2/c1-17-21(14-15-22(27)24-16-18-12-13-18)23(28-20-10-6-3-7-11-20)26(25-17)19-8-4-2-5-9-19/h2-11,18H,12-16H2,1H3,(H,24,27). The second-order valence-corrected chi connectivity index (χ2v) is 7.28. The van der Waals surface area contributed by atoms with Gasteiger partial charge in [0.15, 0.2) is 0 Å². The summed E-state index contributed by atoms with van der Waals surface area (Å²) in [7, 11) is 0. The monoisotopic (exact) mass is 375 g/mol. The predicted molar refractivity (Wildman–Crippen MR) is 109 cm³/mol. The SMILES string of the molecule is Cc1nn(-c2ccccc2)c(Oc2ccccc2)c1CCC(=O)NCC1CC1. The zero-order valence-corrected chi connectivity index (χ0v) is 16.1. The largest absolute Gasteiger partial charge is 0.439 e. The number of carbonyl (C=O) groups excluding carboxylic acids is 1. The van der Waals surface area contributed by atoms with E-state index >= 15 is 0 Å². The van der Waals surface area contributed by atoms with Gasteiger partial charge in [0, 0.05) is 18.5 Å². The van der Waals surface area contributed by atoms with E-state index < -0.39 is 0 Å². The zero-order chi connectivity index (χ0) is 19.3. The Kier molecular flexibility index (Phi) is 5.42. The third-order valence-electron chi connectivity index (χ3n) is 4.98. The second-order valence-electron chi connectivity index (χ2n) is 7.28.